The standard InChI is InChI=1S/C29H31FN4O/c1-22-7-9-25(10-8-22)28-19-27(24-11-13-26(30)14-12-24)31-34(28)29(35)21-33-17-15-32(16-18-33)20-23-5-3-2-4-6-23/h2-14,28H,15-21H2,1H3/t28-/m1/s1. The van der Waals surface area contributed by atoms with Crippen molar-refractivity contribution in [2.75, 3.05) is 32.7 Å². The van der Waals surface area contributed by atoms with Gasteiger partial charge in [-0.05, 0) is 35.7 Å². The Morgan fingerprint density at radius 3 is 2.23 bits per heavy atom. The molecular weight excluding hydrogens is 439 g/mol. The van der Waals surface area contributed by atoms with Gasteiger partial charge in [0.25, 0.3) is 5.91 Å². The first-order chi connectivity index (χ1) is 17.0. The first kappa shape index (κ1) is 23.4. The van der Waals surface area contributed by atoms with Crippen LogP contribution in [0.2, 0.25) is 0 Å². The predicted octanol–water partition coefficient (Wildman–Crippen LogP) is 4.63. The molecular formula is C29H31FN4O. The number of benzene rings is 3. The summed E-state index contributed by atoms with van der Waals surface area (Å²) in [6.07, 6.45) is 0.616. The molecule has 0 N–H and O–H groups in total. The van der Waals surface area contributed by atoms with Gasteiger partial charge in [-0.1, -0.05) is 72.3 Å². The molecule has 0 spiro atoms. The Morgan fingerprint density at radius 1 is 0.886 bits per heavy atom. The molecule has 0 radical (unpaired) electrons. The van der Waals surface area contributed by atoms with Gasteiger partial charge in [0.1, 0.15) is 5.82 Å². The van der Waals surface area contributed by atoms with E-state index in [2.05, 4.69) is 65.3 Å². The number of hydrazone groups is 1. The Kier molecular flexibility index (Phi) is 7.02. The number of hydrogen-bond acceptors (Lipinski definition) is 4. The fourth-order valence-corrected chi connectivity index (χ4v) is 4.82. The molecule has 3 aromatic carbocycles. The average molecular weight is 471 g/mol. The van der Waals surface area contributed by atoms with Crippen molar-refractivity contribution in [2.24, 2.45) is 5.10 Å². The van der Waals surface area contributed by atoms with Gasteiger partial charge < -0.3 is 0 Å². The van der Waals surface area contributed by atoms with Gasteiger partial charge in [0.05, 0.1) is 18.3 Å². The molecule has 5 nitrogen and oxygen atoms in total. The molecule has 0 bridgehead atoms. The summed E-state index contributed by atoms with van der Waals surface area (Å²) in [5, 5.41) is 6.40. The molecule has 1 saturated heterocycles. The first-order valence-electron chi connectivity index (χ1n) is 12.3. The van der Waals surface area contributed by atoms with Gasteiger partial charge in [-0.2, -0.15) is 5.10 Å². The zero-order chi connectivity index (χ0) is 24.2. The molecule has 5 rings (SSSR count). The van der Waals surface area contributed by atoms with Crippen LogP contribution in [0.25, 0.3) is 0 Å². The third kappa shape index (κ3) is 5.66. The van der Waals surface area contributed by atoms with E-state index in [9.17, 15) is 9.18 Å². The number of carbonyl (C=O) groups is 1. The minimum atomic E-state index is -0.276. The van der Waals surface area contributed by atoms with Gasteiger partial charge in [-0.15, -0.1) is 0 Å². The van der Waals surface area contributed by atoms with Crippen molar-refractivity contribution in [3.05, 3.63) is 107 Å². The number of aryl methyl sites for hydroxylation is 1. The SMILES string of the molecule is Cc1ccc([C@H]2CC(c3ccc(F)cc3)=NN2C(=O)CN2CCN(Cc3ccccc3)CC2)cc1. The van der Waals surface area contributed by atoms with Gasteiger partial charge in [0.2, 0.25) is 0 Å². The summed E-state index contributed by atoms with van der Waals surface area (Å²) in [7, 11) is 0. The lowest BCUT2D eigenvalue weighted by molar-refractivity contribution is -0.134. The van der Waals surface area contributed by atoms with Gasteiger partial charge in [-0.25, -0.2) is 9.40 Å². The lowest BCUT2D eigenvalue weighted by Crippen LogP contribution is -2.49. The third-order valence-corrected chi connectivity index (χ3v) is 6.88. The minimum Gasteiger partial charge on any atom is -0.297 e. The monoisotopic (exact) mass is 470 g/mol. The topological polar surface area (TPSA) is 39.2 Å². The maximum Gasteiger partial charge on any atom is 0.257 e. The number of amides is 1. The molecule has 3 aromatic rings. The van der Waals surface area contributed by atoms with Crippen LogP contribution in [0.15, 0.2) is 84.0 Å². The third-order valence-electron chi connectivity index (χ3n) is 6.88. The molecule has 2 aliphatic rings. The lowest BCUT2D eigenvalue weighted by atomic mass is 9.97. The zero-order valence-corrected chi connectivity index (χ0v) is 20.1. The summed E-state index contributed by atoms with van der Waals surface area (Å²) < 4.78 is 13.5. The fourth-order valence-electron chi connectivity index (χ4n) is 4.82. The van der Waals surface area contributed by atoms with Crippen LogP contribution in [0.5, 0.6) is 0 Å². The Balaban J connectivity index is 1.26. The van der Waals surface area contributed by atoms with E-state index in [1.807, 2.05) is 6.07 Å². The maximum atomic E-state index is 13.5. The molecule has 1 fully saturated rings. The van der Waals surface area contributed by atoms with Crippen LogP contribution in [0.3, 0.4) is 0 Å². The summed E-state index contributed by atoms with van der Waals surface area (Å²) in [4.78, 5) is 18.1. The molecule has 2 heterocycles. The van der Waals surface area contributed by atoms with Gasteiger partial charge in [0, 0.05) is 39.1 Å². The Bertz CT molecular complexity index is 1170. The van der Waals surface area contributed by atoms with Gasteiger partial charge in [-0.3, -0.25) is 14.6 Å². The average Bonchev–Trinajstić information content (AvgIpc) is 3.32. The number of carbonyl (C=O) groups excluding carboxylic acids is 1. The van der Waals surface area contributed by atoms with Gasteiger partial charge >= 0.3 is 0 Å². The molecule has 35 heavy (non-hydrogen) atoms. The normalized spacial score (nSPS) is 19.1. The Hall–Kier alpha value is -3.35. The van der Waals surface area contributed by atoms with E-state index in [0.29, 0.717) is 13.0 Å². The molecule has 0 saturated carbocycles. The number of nitrogens with zero attached hydrogens (tertiary/aromatic N) is 4. The van der Waals surface area contributed by atoms with Crippen LogP contribution in [0.1, 0.15) is 34.7 Å². The molecule has 6 heteroatoms. The highest BCUT2D eigenvalue weighted by atomic mass is 19.1. The highest BCUT2D eigenvalue weighted by Crippen LogP contribution is 2.33. The van der Waals surface area contributed by atoms with E-state index in [0.717, 1.165) is 49.6 Å². The molecule has 180 valence electrons. The highest BCUT2D eigenvalue weighted by molar-refractivity contribution is 6.03. The van der Waals surface area contributed by atoms with Crippen molar-refractivity contribution in [2.45, 2.75) is 25.9 Å². The summed E-state index contributed by atoms with van der Waals surface area (Å²) >= 11 is 0. The smallest absolute Gasteiger partial charge is 0.257 e. The Labute approximate surface area is 206 Å². The van der Waals surface area contributed by atoms with Crippen LogP contribution in [-0.4, -0.2) is 59.2 Å². The summed E-state index contributed by atoms with van der Waals surface area (Å²) in [5.41, 5.74) is 5.23. The molecule has 0 unspecified atom stereocenters. The number of piperazine rings is 1. The van der Waals surface area contributed by atoms with Crippen molar-refractivity contribution in [1.29, 1.82) is 0 Å². The molecule has 0 aromatic heterocycles. The second kappa shape index (κ2) is 10.5. The largest absolute Gasteiger partial charge is 0.297 e. The van der Waals surface area contributed by atoms with Crippen LogP contribution < -0.4 is 0 Å². The molecule has 2 aliphatic heterocycles. The van der Waals surface area contributed by atoms with Gasteiger partial charge in [0.15, 0.2) is 0 Å². The highest BCUT2D eigenvalue weighted by Gasteiger charge is 2.34. The van der Waals surface area contributed by atoms with Crippen LogP contribution in [0, 0.1) is 12.7 Å². The fraction of sp³-hybridized carbons (Fsp3) is 0.310. The van der Waals surface area contributed by atoms with Crippen LogP contribution in [-0.2, 0) is 11.3 Å². The second-order valence-electron chi connectivity index (χ2n) is 9.46. The van der Waals surface area contributed by atoms with E-state index >= 15 is 0 Å². The maximum absolute atomic E-state index is 13.5. The number of halogens is 1. The minimum absolute atomic E-state index is 0.00389. The summed E-state index contributed by atoms with van der Waals surface area (Å²) in [6, 6.07) is 25.0. The summed E-state index contributed by atoms with van der Waals surface area (Å²) in [6.45, 7) is 6.93. The first-order valence-corrected chi connectivity index (χ1v) is 12.3. The number of rotatable bonds is 6. The van der Waals surface area contributed by atoms with Crippen molar-refractivity contribution in [1.82, 2.24) is 14.8 Å². The van der Waals surface area contributed by atoms with E-state index in [1.165, 1.54) is 23.3 Å². The van der Waals surface area contributed by atoms with E-state index in [-0.39, 0.29) is 17.8 Å². The van der Waals surface area contributed by atoms with Crippen molar-refractivity contribution < 1.29 is 9.18 Å². The van der Waals surface area contributed by atoms with E-state index in [1.54, 1.807) is 17.1 Å². The van der Waals surface area contributed by atoms with Crippen molar-refractivity contribution in [3.8, 4) is 0 Å². The summed E-state index contributed by atoms with van der Waals surface area (Å²) in [5.74, 6) is -0.272. The molecule has 1 atom stereocenters. The lowest BCUT2D eigenvalue weighted by Gasteiger charge is -2.35. The quantitative estimate of drug-likeness (QED) is 0.527. The zero-order valence-electron chi connectivity index (χ0n) is 20.1. The molecule has 1 amide bonds. The van der Waals surface area contributed by atoms with Crippen LogP contribution in [0.4, 0.5) is 4.39 Å². The van der Waals surface area contributed by atoms with Crippen molar-refractivity contribution >= 4 is 11.6 Å². The second-order valence-corrected chi connectivity index (χ2v) is 9.46. The van der Waals surface area contributed by atoms with Crippen molar-refractivity contribution in [3.63, 3.8) is 0 Å². The van der Waals surface area contributed by atoms with Crippen LogP contribution >= 0.6 is 0 Å². The molecule has 0 aliphatic carbocycles. The van der Waals surface area contributed by atoms with E-state index in [4.69, 9.17) is 5.10 Å². The van der Waals surface area contributed by atoms with E-state index < -0.39 is 0 Å². The Morgan fingerprint density at radius 2 is 1.54 bits per heavy atom. The predicted molar refractivity (Wildman–Crippen MR) is 136 cm³/mol. The number of hydrogen-bond donors (Lipinski definition) is 0.